The molecule has 27 heavy (non-hydrogen) atoms. The Hall–Kier alpha value is -3.42. The lowest BCUT2D eigenvalue weighted by Crippen LogP contribution is -2.50. The van der Waals surface area contributed by atoms with Crippen molar-refractivity contribution in [2.75, 3.05) is 31.5 Å². The molecule has 140 valence electrons. The van der Waals surface area contributed by atoms with Crippen LogP contribution in [-0.2, 0) is 4.79 Å². The summed E-state index contributed by atoms with van der Waals surface area (Å²) in [7, 11) is 0. The van der Waals surface area contributed by atoms with Gasteiger partial charge in [0.25, 0.3) is 11.6 Å². The van der Waals surface area contributed by atoms with E-state index in [9.17, 15) is 19.7 Å². The second-order valence-electron chi connectivity index (χ2n) is 6.28. The molecule has 1 N–H and O–H groups in total. The molecule has 1 saturated heterocycles. The highest BCUT2D eigenvalue weighted by Gasteiger charge is 2.25. The van der Waals surface area contributed by atoms with E-state index in [0.29, 0.717) is 31.9 Å². The number of hydrogen-bond acceptors (Lipinski definition) is 5. The molecule has 8 heteroatoms. The van der Waals surface area contributed by atoms with E-state index in [0.717, 1.165) is 5.69 Å². The van der Waals surface area contributed by atoms with Gasteiger partial charge in [-0.2, -0.15) is 0 Å². The molecule has 3 rings (SSSR count). The van der Waals surface area contributed by atoms with Gasteiger partial charge in [0.15, 0.2) is 0 Å². The van der Waals surface area contributed by atoms with Crippen molar-refractivity contribution in [1.82, 2.24) is 9.80 Å². The number of nitrogens with one attached hydrogen (secondary N) is 1. The minimum absolute atomic E-state index is 0.0194. The Morgan fingerprint density at radius 3 is 2.22 bits per heavy atom. The number of carbonyl (C=O) groups excluding carboxylic acids is 2. The number of hydrogen-bond donors (Lipinski definition) is 1. The SMILES string of the molecule is CC(=O)N1CCN(C(=O)c2ccc(Nc3ccccc3)c([N+](=O)[O-])c2)CC1. The molecule has 1 heterocycles. The third-order valence-corrected chi connectivity index (χ3v) is 4.51. The van der Waals surface area contributed by atoms with Crippen molar-refractivity contribution < 1.29 is 14.5 Å². The largest absolute Gasteiger partial charge is 0.350 e. The fraction of sp³-hybridized carbons (Fsp3) is 0.263. The third-order valence-electron chi connectivity index (χ3n) is 4.51. The molecular weight excluding hydrogens is 348 g/mol. The maximum Gasteiger partial charge on any atom is 0.293 e. The number of carbonyl (C=O) groups is 2. The van der Waals surface area contributed by atoms with Crippen LogP contribution < -0.4 is 5.32 Å². The van der Waals surface area contributed by atoms with Crippen LogP contribution in [0.25, 0.3) is 0 Å². The minimum atomic E-state index is -0.504. The maximum absolute atomic E-state index is 12.7. The van der Waals surface area contributed by atoms with Crippen LogP contribution in [0.15, 0.2) is 48.5 Å². The zero-order valence-electron chi connectivity index (χ0n) is 14.9. The van der Waals surface area contributed by atoms with Crippen LogP contribution in [0.2, 0.25) is 0 Å². The highest BCUT2D eigenvalue weighted by atomic mass is 16.6. The average molecular weight is 368 g/mol. The molecule has 0 aliphatic carbocycles. The van der Waals surface area contributed by atoms with E-state index in [-0.39, 0.29) is 23.1 Å². The number of nitro benzene ring substituents is 1. The minimum Gasteiger partial charge on any atom is -0.350 e. The Morgan fingerprint density at radius 2 is 1.63 bits per heavy atom. The zero-order chi connectivity index (χ0) is 19.4. The molecule has 0 radical (unpaired) electrons. The summed E-state index contributed by atoms with van der Waals surface area (Å²) in [5, 5.41) is 14.5. The van der Waals surface area contributed by atoms with Crippen LogP contribution in [0.1, 0.15) is 17.3 Å². The normalized spacial score (nSPS) is 14.0. The van der Waals surface area contributed by atoms with E-state index in [1.807, 2.05) is 18.2 Å². The highest BCUT2D eigenvalue weighted by molar-refractivity contribution is 5.96. The lowest BCUT2D eigenvalue weighted by Gasteiger charge is -2.34. The van der Waals surface area contributed by atoms with Crippen LogP contribution in [0.5, 0.6) is 0 Å². The summed E-state index contributed by atoms with van der Waals surface area (Å²) in [5.41, 5.74) is 1.15. The van der Waals surface area contributed by atoms with Gasteiger partial charge in [-0.1, -0.05) is 18.2 Å². The van der Waals surface area contributed by atoms with Crippen molar-refractivity contribution in [1.29, 1.82) is 0 Å². The van der Waals surface area contributed by atoms with Gasteiger partial charge in [0.2, 0.25) is 5.91 Å². The molecule has 0 aromatic heterocycles. The van der Waals surface area contributed by atoms with Crippen molar-refractivity contribution in [3.05, 3.63) is 64.2 Å². The Morgan fingerprint density at radius 1 is 1.00 bits per heavy atom. The number of benzene rings is 2. The van der Waals surface area contributed by atoms with Crippen LogP contribution in [-0.4, -0.2) is 52.7 Å². The van der Waals surface area contributed by atoms with Crippen molar-refractivity contribution >= 4 is 28.9 Å². The van der Waals surface area contributed by atoms with Gasteiger partial charge < -0.3 is 15.1 Å². The van der Waals surface area contributed by atoms with Crippen LogP contribution in [0.4, 0.5) is 17.1 Å². The number of anilines is 2. The average Bonchev–Trinajstić information content (AvgIpc) is 2.68. The van der Waals surface area contributed by atoms with Gasteiger partial charge in [-0.05, 0) is 24.3 Å². The summed E-state index contributed by atoms with van der Waals surface area (Å²) in [6.45, 7) is 3.26. The lowest BCUT2D eigenvalue weighted by molar-refractivity contribution is -0.383. The Labute approximate surface area is 156 Å². The monoisotopic (exact) mass is 368 g/mol. The first-order valence-electron chi connectivity index (χ1n) is 8.61. The topological polar surface area (TPSA) is 95.8 Å². The summed E-state index contributed by atoms with van der Waals surface area (Å²) >= 11 is 0. The molecule has 1 aliphatic rings. The van der Waals surface area contributed by atoms with E-state index in [2.05, 4.69) is 5.32 Å². The van der Waals surface area contributed by atoms with E-state index >= 15 is 0 Å². The standard InChI is InChI=1S/C19H20N4O4/c1-14(24)21-9-11-22(12-10-21)19(25)15-7-8-17(18(13-15)23(26)27)20-16-5-3-2-4-6-16/h2-8,13,20H,9-12H2,1H3. The molecule has 2 amide bonds. The first-order valence-corrected chi connectivity index (χ1v) is 8.61. The Bertz CT molecular complexity index is 861. The molecule has 2 aromatic rings. The van der Waals surface area contributed by atoms with E-state index in [4.69, 9.17) is 0 Å². The summed E-state index contributed by atoms with van der Waals surface area (Å²) in [4.78, 5) is 38.4. The molecule has 0 bridgehead atoms. The molecule has 2 aromatic carbocycles. The van der Waals surface area contributed by atoms with E-state index in [1.165, 1.54) is 13.0 Å². The number of nitrogens with zero attached hydrogens (tertiary/aromatic N) is 3. The molecule has 0 saturated carbocycles. The number of rotatable bonds is 4. The van der Waals surface area contributed by atoms with Gasteiger partial charge in [0.05, 0.1) is 4.92 Å². The van der Waals surface area contributed by atoms with Gasteiger partial charge in [0.1, 0.15) is 5.69 Å². The summed E-state index contributed by atoms with van der Waals surface area (Å²) in [6.07, 6.45) is 0. The van der Waals surface area contributed by atoms with Gasteiger partial charge in [-0.25, -0.2) is 0 Å². The molecular formula is C19H20N4O4. The first-order chi connectivity index (χ1) is 13.0. The maximum atomic E-state index is 12.7. The van der Waals surface area contributed by atoms with Gasteiger partial charge in [0, 0.05) is 50.4 Å². The van der Waals surface area contributed by atoms with Crippen molar-refractivity contribution in [2.24, 2.45) is 0 Å². The first kappa shape index (κ1) is 18.4. The van der Waals surface area contributed by atoms with Gasteiger partial charge in [-0.15, -0.1) is 0 Å². The Balaban J connectivity index is 1.78. The summed E-state index contributed by atoms with van der Waals surface area (Å²) < 4.78 is 0. The van der Waals surface area contributed by atoms with Gasteiger partial charge in [-0.3, -0.25) is 19.7 Å². The van der Waals surface area contributed by atoms with Crippen molar-refractivity contribution in [2.45, 2.75) is 6.92 Å². The molecule has 1 aliphatic heterocycles. The molecule has 0 spiro atoms. The smallest absolute Gasteiger partial charge is 0.293 e. The molecule has 0 unspecified atom stereocenters. The fourth-order valence-electron chi connectivity index (χ4n) is 3.01. The number of amides is 2. The molecule has 0 atom stereocenters. The predicted molar refractivity (Wildman–Crippen MR) is 101 cm³/mol. The van der Waals surface area contributed by atoms with E-state index in [1.54, 1.807) is 34.1 Å². The van der Waals surface area contributed by atoms with E-state index < -0.39 is 4.92 Å². The Kier molecular flexibility index (Phi) is 5.35. The quantitative estimate of drug-likeness (QED) is 0.661. The number of nitro groups is 1. The second-order valence-corrected chi connectivity index (χ2v) is 6.28. The van der Waals surface area contributed by atoms with Crippen LogP contribution in [0.3, 0.4) is 0 Å². The zero-order valence-corrected chi connectivity index (χ0v) is 14.9. The molecule has 8 nitrogen and oxygen atoms in total. The van der Waals surface area contributed by atoms with Crippen molar-refractivity contribution in [3.8, 4) is 0 Å². The van der Waals surface area contributed by atoms with Crippen LogP contribution >= 0.6 is 0 Å². The molecule has 1 fully saturated rings. The van der Waals surface area contributed by atoms with Crippen LogP contribution in [0, 0.1) is 10.1 Å². The lowest BCUT2D eigenvalue weighted by atomic mass is 10.1. The van der Waals surface area contributed by atoms with Gasteiger partial charge >= 0.3 is 0 Å². The number of para-hydroxylation sites is 1. The van der Waals surface area contributed by atoms with Crippen molar-refractivity contribution in [3.63, 3.8) is 0 Å². The third kappa shape index (κ3) is 4.22. The summed E-state index contributed by atoms with van der Waals surface area (Å²) in [6, 6.07) is 13.5. The number of piperazine rings is 1. The highest BCUT2D eigenvalue weighted by Crippen LogP contribution is 2.29. The second kappa shape index (κ2) is 7.86. The predicted octanol–water partition coefficient (Wildman–Crippen LogP) is 2.64. The summed E-state index contributed by atoms with van der Waals surface area (Å²) in [5.74, 6) is -0.290. The fourth-order valence-corrected chi connectivity index (χ4v) is 3.01.